The van der Waals surface area contributed by atoms with E-state index in [1.807, 2.05) is 6.20 Å². The van der Waals surface area contributed by atoms with Gasteiger partial charge in [-0.1, -0.05) is 17.3 Å². The first-order valence-electron chi connectivity index (χ1n) is 4.89. The van der Waals surface area contributed by atoms with Crippen molar-refractivity contribution in [3.8, 4) is 0 Å². The van der Waals surface area contributed by atoms with Gasteiger partial charge < -0.3 is 0 Å². The molecule has 0 fully saturated rings. The van der Waals surface area contributed by atoms with E-state index in [1.54, 1.807) is 16.4 Å². The highest BCUT2D eigenvalue weighted by Gasteiger charge is 2.00. The van der Waals surface area contributed by atoms with E-state index in [1.165, 1.54) is 10.5 Å². The molecule has 0 aliphatic carbocycles. The summed E-state index contributed by atoms with van der Waals surface area (Å²) in [7, 11) is 0. The van der Waals surface area contributed by atoms with Crippen LogP contribution in [0.4, 0.5) is 0 Å². The molecule has 0 atom stereocenters. The lowest BCUT2D eigenvalue weighted by atomic mass is 10.2. The second-order valence-electron chi connectivity index (χ2n) is 3.39. The summed E-state index contributed by atoms with van der Waals surface area (Å²) in [6.45, 7) is 0.735. The molecule has 2 rings (SSSR count). The predicted molar refractivity (Wildman–Crippen MR) is 66.9 cm³/mol. The van der Waals surface area contributed by atoms with Gasteiger partial charge in [0, 0.05) is 4.90 Å². The Kier molecular flexibility index (Phi) is 3.85. The van der Waals surface area contributed by atoms with E-state index in [9.17, 15) is 0 Å². The average molecular weight is 254 g/mol. The largest absolute Gasteiger partial charge is 0.248 e. The monoisotopic (exact) mass is 253 g/mol. The number of thioether (sulfide) groups is 1. The van der Waals surface area contributed by atoms with Crippen LogP contribution in [-0.4, -0.2) is 21.2 Å². The number of benzene rings is 1. The van der Waals surface area contributed by atoms with Gasteiger partial charge >= 0.3 is 0 Å². The Morgan fingerprint density at radius 2 is 2.06 bits per heavy atom. The highest BCUT2D eigenvalue weighted by molar-refractivity contribution is 7.98. The average Bonchev–Trinajstić information content (AvgIpc) is 2.78. The van der Waals surface area contributed by atoms with Crippen molar-refractivity contribution in [2.75, 3.05) is 6.26 Å². The Hall–Kier alpha value is -1.00. The molecule has 0 radical (unpaired) electrons. The summed E-state index contributed by atoms with van der Waals surface area (Å²) < 4.78 is 1.80. The molecule has 0 saturated heterocycles. The number of aromatic nitrogens is 3. The molecule has 2 aromatic rings. The topological polar surface area (TPSA) is 30.7 Å². The third-order valence-electron chi connectivity index (χ3n) is 2.23. The highest BCUT2D eigenvalue weighted by atomic mass is 35.5. The molecule has 3 nitrogen and oxygen atoms in total. The second kappa shape index (κ2) is 5.37. The first kappa shape index (κ1) is 11.5. The lowest BCUT2D eigenvalue weighted by Crippen LogP contribution is -2.00. The maximum Gasteiger partial charge on any atom is 0.0974 e. The van der Waals surface area contributed by atoms with Gasteiger partial charge in [0.25, 0.3) is 0 Å². The van der Waals surface area contributed by atoms with Crippen LogP contribution in [0.1, 0.15) is 11.3 Å². The van der Waals surface area contributed by atoms with Gasteiger partial charge in [-0.25, -0.2) is 4.68 Å². The Balaban J connectivity index is 2.08. The number of hydrogen-bond donors (Lipinski definition) is 0. The highest BCUT2D eigenvalue weighted by Crippen LogP contribution is 2.15. The SMILES string of the molecule is CSc1ccc(Cn2cc(CCl)nn2)cc1. The summed E-state index contributed by atoms with van der Waals surface area (Å²) in [6, 6.07) is 8.43. The fourth-order valence-corrected chi connectivity index (χ4v) is 1.93. The van der Waals surface area contributed by atoms with Gasteiger partial charge in [0.05, 0.1) is 24.3 Å². The van der Waals surface area contributed by atoms with Crippen LogP contribution in [0, 0.1) is 0 Å². The zero-order chi connectivity index (χ0) is 11.4. The van der Waals surface area contributed by atoms with E-state index in [2.05, 4.69) is 40.8 Å². The number of nitrogens with zero attached hydrogens (tertiary/aromatic N) is 3. The van der Waals surface area contributed by atoms with Crippen molar-refractivity contribution in [2.45, 2.75) is 17.3 Å². The third-order valence-corrected chi connectivity index (χ3v) is 3.24. The maximum absolute atomic E-state index is 5.66. The Labute approximate surface area is 104 Å². The molecule has 5 heteroatoms. The Bertz CT molecular complexity index is 453. The Morgan fingerprint density at radius 3 is 2.62 bits per heavy atom. The van der Waals surface area contributed by atoms with E-state index < -0.39 is 0 Å². The van der Waals surface area contributed by atoms with Crippen molar-refractivity contribution < 1.29 is 0 Å². The van der Waals surface area contributed by atoms with Crippen LogP contribution in [0.5, 0.6) is 0 Å². The number of rotatable bonds is 4. The molecule has 0 saturated carbocycles. The van der Waals surface area contributed by atoms with Gasteiger partial charge in [0.15, 0.2) is 0 Å². The lowest BCUT2D eigenvalue weighted by molar-refractivity contribution is 0.649. The van der Waals surface area contributed by atoms with Gasteiger partial charge in [0.2, 0.25) is 0 Å². The van der Waals surface area contributed by atoms with Crippen molar-refractivity contribution in [3.05, 3.63) is 41.7 Å². The second-order valence-corrected chi connectivity index (χ2v) is 4.54. The van der Waals surface area contributed by atoms with Gasteiger partial charge in [0.1, 0.15) is 0 Å². The summed E-state index contributed by atoms with van der Waals surface area (Å²) in [5.74, 6) is 0.408. The molecule has 0 aliphatic heterocycles. The summed E-state index contributed by atoms with van der Waals surface area (Å²) >= 11 is 7.40. The van der Waals surface area contributed by atoms with Gasteiger partial charge in [-0.2, -0.15) is 0 Å². The molecular weight excluding hydrogens is 242 g/mol. The van der Waals surface area contributed by atoms with E-state index in [0.717, 1.165) is 12.2 Å². The minimum absolute atomic E-state index is 0.408. The first-order chi connectivity index (χ1) is 7.81. The molecule has 0 aliphatic rings. The lowest BCUT2D eigenvalue weighted by Gasteiger charge is -2.01. The maximum atomic E-state index is 5.66. The van der Waals surface area contributed by atoms with Crippen molar-refractivity contribution in [1.29, 1.82) is 0 Å². The zero-order valence-corrected chi connectivity index (χ0v) is 10.5. The van der Waals surface area contributed by atoms with E-state index in [4.69, 9.17) is 11.6 Å². The van der Waals surface area contributed by atoms with Gasteiger partial charge in [-0.15, -0.1) is 28.5 Å². The van der Waals surface area contributed by atoms with Crippen LogP contribution in [0.25, 0.3) is 0 Å². The molecule has 1 aromatic carbocycles. The smallest absolute Gasteiger partial charge is 0.0974 e. The number of halogens is 1. The summed E-state index contributed by atoms with van der Waals surface area (Å²) in [6.07, 6.45) is 3.94. The fraction of sp³-hybridized carbons (Fsp3) is 0.273. The number of alkyl halides is 1. The molecular formula is C11H12ClN3S. The molecule has 0 amide bonds. The van der Waals surface area contributed by atoms with E-state index in [0.29, 0.717) is 5.88 Å². The van der Waals surface area contributed by atoms with E-state index >= 15 is 0 Å². The molecule has 0 N–H and O–H groups in total. The quantitative estimate of drug-likeness (QED) is 0.620. The number of hydrogen-bond acceptors (Lipinski definition) is 3. The van der Waals surface area contributed by atoms with Crippen molar-refractivity contribution in [2.24, 2.45) is 0 Å². The summed E-state index contributed by atoms with van der Waals surface area (Å²) in [5, 5.41) is 7.94. The molecule has 16 heavy (non-hydrogen) atoms. The molecule has 1 aromatic heterocycles. The van der Waals surface area contributed by atoms with Gasteiger partial charge in [-0.3, -0.25) is 0 Å². The summed E-state index contributed by atoms with van der Waals surface area (Å²) in [4.78, 5) is 1.27. The molecule has 84 valence electrons. The molecule has 0 spiro atoms. The van der Waals surface area contributed by atoms with Crippen molar-refractivity contribution in [1.82, 2.24) is 15.0 Å². The molecule has 0 unspecified atom stereocenters. The zero-order valence-electron chi connectivity index (χ0n) is 8.93. The first-order valence-corrected chi connectivity index (χ1v) is 6.65. The third kappa shape index (κ3) is 2.77. The minimum Gasteiger partial charge on any atom is -0.248 e. The summed E-state index contributed by atoms with van der Waals surface area (Å²) in [5.41, 5.74) is 2.02. The van der Waals surface area contributed by atoms with Crippen LogP contribution in [0.15, 0.2) is 35.4 Å². The van der Waals surface area contributed by atoms with Crippen molar-refractivity contribution in [3.63, 3.8) is 0 Å². The minimum atomic E-state index is 0.408. The van der Waals surface area contributed by atoms with Crippen LogP contribution in [0.3, 0.4) is 0 Å². The van der Waals surface area contributed by atoms with Crippen LogP contribution < -0.4 is 0 Å². The Morgan fingerprint density at radius 1 is 1.31 bits per heavy atom. The van der Waals surface area contributed by atoms with E-state index in [-0.39, 0.29) is 0 Å². The predicted octanol–water partition coefficient (Wildman–Crippen LogP) is 2.79. The van der Waals surface area contributed by atoms with Crippen molar-refractivity contribution >= 4 is 23.4 Å². The van der Waals surface area contributed by atoms with Gasteiger partial charge in [-0.05, 0) is 24.0 Å². The molecule has 0 bridgehead atoms. The van der Waals surface area contributed by atoms with Crippen LogP contribution in [-0.2, 0) is 12.4 Å². The molecule has 1 heterocycles. The normalized spacial score (nSPS) is 10.6. The van der Waals surface area contributed by atoms with Crippen LogP contribution >= 0.6 is 23.4 Å². The fourth-order valence-electron chi connectivity index (χ4n) is 1.40. The van der Waals surface area contributed by atoms with Crippen LogP contribution in [0.2, 0.25) is 0 Å². The standard InChI is InChI=1S/C11H12ClN3S/c1-16-11-4-2-9(3-5-11)7-15-8-10(6-12)13-14-15/h2-5,8H,6-7H2,1H3.